The minimum Gasteiger partial charge on any atom is -0.353 e. The van der Waals surface area contributed by atoms with Gasteiger partial charge in [-0.2, -0.15) is 11.8 Å². The van der Waals surface area contributed by atoms with Crippen molar-refractivity contribution in [2.45, 2.75) is 56.5 Å². The van der Waals surface area contributed by atoms with Crippen LogP contribution in [0.25, 0.3) is 0 Å². The van der Waals surface area contributed by atoms with Gasteiger partial charge < -0.3 is 11.1 Å². The zero-order valence-corrected chi connectivity index (χ0v) is 12.2. The van der Waals surface area contributed by atoms with E-state index in [2.05, 4.69) is 24.1 Å². The Bertz CT molecular complexity index is 296. The molecule has 3 atom stereocenters. The van der Waals surface area contributed by atoms with Crippen LogP contribution in [0.2, 0.25) is 0 Å². The first-order chi connectivity index (χ1) is 8.61. The third-order valence-corrected chi connectivity index (χ3v) is 5.38. The lowest BCUT2D eigenvalue weighted by molar-refractivity contribution is -0.122. The zero-order valence-electron chi connectivity index (χ0n) is 11.4. The van der Waals surface area contributed by atoms with E-state index < -0.39 is 0 Å². The SMILES string of the molecule is CC1SCCN(C(CN)CC(=O)NC2CC2)C1C. The molecule has 0 bridgehead atoms. The number of nitrogens with two attached hydrogens (primary N) is 1. The van der Waals surface area contributed by atoms with Crippen molar-refractivity contribution < 1.29 is 4.79 Å². The normalized spacial score (nSPS) is 31.1. The molecule has 3 unspecified atom stereocenters. The molecule has 18 heavy (non-hydrogen) atoms. The standard InChI is InChI=1S/C13H25N3OS/c1-9-10(2)18-6-5-16(9)12(8-14)7-13(17)15-11-3-4-11/h9-12H,3-8,14H2,1-2H3,(H,15,17). The zero-order chi connectivity index (χ0) is 13.1. The molecule has 0 radical (unpaired) electrons. The fourth-order valence-electron chi connectivity index (χ4n) is 2.54. The molecule has 0 aromatic carbocycles. The van der Waals surface area contributed by atoms with Crippen molar-refractivity contribution in [2.24, 2.45) is 5.73 Å². The summed E-state index contributed by atoms with van der Waals surface area (Å²) in [7, 11) is 0. The summed E-state index contributed by atoms with van der Waals surface area (Å²) in [6.07, 6.45) is 2.84. The van der Waals surface area contributed by atoms with Gasteiger partial charge in [-0.3, -0.25) is 9.69 Å². The van der Waals surface area contributed by atoms with Gasteiger partial charge in [0.15, 0.2) is 0 Å². The lowest BCUT2D eigenvalue weighted by Gasteiger charge is -2.42. The summed E-state index contributed by atoms with van der Waals surface area (Å²) in [5, 5.41) is 3.68. The molecule has 0 aromatic heterocycles. The van der Waals surface area contributed by atoms with E-state index in [-0.39, 0.29) is 11.9 Å². The van der Waals surface area contributed by atoms with Crippen molar-refractivity contribution in [1.29, 1.82) is 0 Å². The van der Waals surface area contributed by atoms with Gasteiger partial charge in [-0.1, -0.05) is 6.92 Å². The molecular formula is C13H25N3OS. The largest absolute Gasteiger partial charge is 0.353 e. The Morgan fingerprint density at radius 2 is 2.22 bits per heavy atom. The van der Waals surface area contributed by atoms with Crippen LogP contribution in [0.1, 0.15) is 33.1 Å². The molecule has 0 aromatic rings. The Morgan fingerprint density at radius 3 is 2.83 bits per heavy atom. The minimum atomic E-state index is 0.172. The number of rotatable bonds is 5. The van der Waals surface area contributed by atoms with E-state index in [0.717, 1.165) is 25.1 Å². The first kappa shape index (κ1) is 14.2. The second kappa shape index (κ2) is 6.26. The topological polar surface area (TPSA) is 58.4 Å². The molecule has 1 heterocycles. The maximum Gasteiger partial charge on any atom is 0.221 e. The lowest BCUT2D eigenvalue weighted by Crippen LogP contribution is -2.53. The maximum atomic E-state index is 11.9. The molecule has 0 spiro atoms. The quantitative estimate of drug-likeness (QED) is 0.777. The molecule has 1 amide bonds. The highest BCUT2D eigenvalue weighted by Gasteiger charge is 2.32. The summed E-state index contributed by atoms with van der Waals surface area (Å²) >= 11 is 2.01. The molecule has 3 N–H and O–H groups in total. The Balaban J connectivity index is 1.87. The summed E-state index contributed by atoms with van der Waals surface area (Å²) in [5.74, 6) is 1.32. The highest BCUT2D eigenvalue weighted by atomic mass is 32.2. The van der Waals surface area contributed by atoms with Gasteiger partial charge in [0, 0.05) is 48.6 Å². The summed E-state index contributed by atoms with van der Waals surface area (Å²) in [4.78, 5) is 14.3. The van der Waals surface area contributed by atoms with E-state index in [4.69, 9.17) is 5.73 Å². The van der Waals surface area contributed by atoms with Crippen molar-refractivity contribution >= 4 is 17.7 Å². The number of hydrogen-bond acceptors (Lipinski definition) is 4. The van der Waals surface area contributed by atoms with Crippen LogP contribution in [0.3, 0.4) is 0 Å². The van der Waals surface area contributed by atoms with Crippen molar-refractivity contribution in [1.82, 2.24) is 10.2 Å². The van der Waals surface area contributed by atoms with Gasteiger partial charge in [-0.25, -0.2) is 0 Å². The second-order valence-electron chi connectivity index (χ2n) is 5.49. The van der Waals surface area contributed by atoms with E-state index in [1.54, 1.807) is 0 Å². The molecule has 2 fully saturated rings. The van der Waals surface area contributed by atoms with Gasteiger partial charge >= 0.3 is 0 Å². The van der Waals surface area contributed by atoms with Gasteiger partial charge in [-0.05, 0) is 19.8 Å². The van der Waals surface area contributed by atoms with E-state index in [1.165, 1.54) is 0 Å². The van der Waals surface area contributed by atoms with Gasteiger partial charge in [0.2, 0.25) is 5.91 Å². The predicted octanol–water partition coefficient (Wildman–Crippen LogP) is 0.808. The number of nitrogens with one attached hydrogen (secondary N) is 1. The van der Waals surface area contributed by atoms with E-state index >= 15 is 0 Å². The monoisotopic (exact) mass is 271 g/mol. The molecule has 1 aliphatic carbocycles. The third kappa shape index (κ3) is 3.62. The van der Waals surface area contributed by atoms with Crippen LogP contribution in [-0.4, -0.2) is 53.0 Å². The van der Waals surface area contributed by atoms with Crippen molar-refractivity contribution in [3.63, 3.8) is 0 Å². The first-order valence-corrected chi connectivity index (χ1v) is 8.03. The lowest BCUT2D eigenvalue weighted by atomic mass is 10.1. The maximum absolute atomic E-state index is 11.9. The number of hydrogen-bond donors (Lipinski definition) is 2. The summed E-state index contributed by atoms with van der Waals surface area (Å²) < 4.78 is 0. The van der Waals surface area contributed by atoms with Crippen LogP contribution in [0, 0.1) is 0 Å². The van der Waals surface area contributed by atoms with Crippen molar-refractivity contribution in [3.05, 3.63) is 0 Å². The smallest absolute Gasteiger partial charge is 0.221 e. The molecule has 1 aliphatic heterocycles. The number of thioether (sulfide) groups is 1. The van der Waals surface area contributed by atoms with Gasteiger partial charge in [0.05, 0.1) is 0 Å². The van der Waals surface area contributed by atoms with Crippen LogP contribution in [0.15, 0.2) is 0 Å². The van der Waals surface area contributed by atoms with Crippen molar-refractivity contribution in [3.8, 4) is 0 Å². The first-order valence-electron chi connectivity index (χ1n) is 6.98. The molecule has 104 valence electrons. The van der Waals surface area contributed by atoms with Crippen LogP contribution in [0.4, 0.5) is 0 Å². The van der Waals surface area contributed by atoms with Gasteiger partial charge in [-0.15, -0.1) is 0 Å². The molecule has 1 saturated carbocycles. The molecule has 1 saturated heterocycles. The Labute approximate surface area is 114 Å². The summed E-state index contributed by atoms with van der Waals surface area (Å²) in [6, 6.07) is 1.15. The van der Waals surface area contributed by atoms with E-state index in [1.807, 2.05) is 11.8 Å². The Kier molecular flexibility index (Phi) is 4.92. The highest BCUT2D eigenvalue weighted by Crippen LogP contribution is 2.26. The molecule has 2 aliphatic rings. The van der Waals surface area contributed by atoms with Crippen LogP contribution in [0.5, 0.6) is 0 Å². The van der Waals surface area contributed by atoms with Crippen LogP contribution < -0.4 is 11.1 Å². The molecule has 2 rings (SSSR count). The second-order valence-corrected chi connectivity index (χ2v) is 6.97. The fraction of sp³-hybridized carbons (Fsp3) is 0.923. The number of amides is 1. The van der Waals surface area contributed by atoms with Gasteiger partial charge in [0.1, 0.15) is 0 Å². The fourth-order valence-corrected chi connectivity index (χ4v) is 3.66. The summed E-state index contributed by atoms with van der Waals surface area (Å²) in [5.41, 5.74) is 5.88. The van der Waals surface area contributed by atoms with Crippen LogP contribution >= 0.6 is 11.8 Å². The predicted molar refractivity (Wildman–Crippen MR) is 76.7 cm³/mol. The average molecular weight is 271 g/mol. The molecule has 5 heteroatoms. The number of nitrogens with zero attached hydrogens (tertiary/aromatic N) is 1. The highest BCUT2D eigenvalue weighted by molar-refractivity contribution is 8.00. The molecular weight excluding hydrogens is 246 g/mol. The van der Waals surface area contributed by atoms with E-state index in [0.29, 0.717) is 30.3 Å². The number of carbonyl (C=O) groups excluding carboxylic acids is 1. The molecule has 4 nitrogen and oxygen atoms in total. The number of carbonyl (C=O) groups is 1. The van der Waals surface area contributed by atoms with Crippen LogP contribution in [-0.2, 0) is 4.79 Å². The minimum absolute atomic E-state index is 0.172. The van der Waals surface area contributed by atoms with Gasteiger partial charge in [0.25, 0.3) is 0 Å². The van der Waals surface area contributed by atoms with E-state index in [9.17, 15) is 4.79 Å². The summed E-state index contributed by atoms with van der Waals surface area (Å²) in [6.45, 7) is 6.13. The third-order valence-electron chi connectivity index (χ3n) is 4.04. The average Bonchev–Trinajstić information content (AvgIpc) is 3.14. The Hall–Kier alpha value is -0.260. The Morgan fingerprint density at radius 1 is 1.50 bits per heavy atom. The van der Waals surface area contributed by atoms with Crippen molar-refractivity contribution in [2.75, 3.05) is 18.8 Å².